The number of aromatic nitrogens is 2. The number of nitrogens with zero attached hydrogens (tertiary/aromatic N) is 2. The molecule has 0 N–H and O–H groups in total. The zero-order valence-electron chi connectivity index (χ0n) is 7.80. The summed E-state index contributed by atoms with van der Waals surface area (Å²) >= 11 is 11.8. The van der Waals surface area contributed by atoms with Crippen LogP contribution in [0.25, 0.3) is 11.0 Å². The topological polar surface area (TPSA) is 17.8 Å². The number of imidazole rings is 1. The predicted molar refractivity (Wildman–Crippen MR) is 60.1 cm³/mol. The Morgan fingerprint density at radius 1 is 1.43 bits per heavy atom. The van der Waals surface area contributed by atoms with Crippen molar-refractivity contribution >= 4 is 34.2 Å². The molecular weight excluding hydrogens is 219 g/mol. The molecule has 2 rings (SSSR count). The minimum absolute atomic E-state index is 0.578. The van der Waals surface area contributed by atoms with E-state index in [9.17, 15) is 0 Å². The molecule has 1 heterocycles. The van der Waals surface area contributed by atoms with Crippen LogP contribution in [0.15, 0.2) is 18.2 Å². The molecule has 1 aromatic heterocycles. The highest BCUT2D eigenvalue weighted by molar-refractivity contribution is 6.35. The van der Waals surface area contributed by atoms with Gasteiger partial charge in [0.25, 0.3) is 0 Å². The van der Waals surface area contributed by atoms with Gasteiger partial charge in [-0.2, -0.15) is 0 Å². The third kappa shape index (κ3) is 1.49. The van der Waals surface area contributed by atoms with Gasteiger partial charge in [-0.1, -0.05) is 17.7 Å². The van der Waals surface area contributed by atoms with Crippen molar-refractivity contribution < 1.29 is 0 Å². The van der Waals surface area contributed by atoms with Gasteiger partial charge < -0.3 is 4.57 Å². The van der Waals surface area contributed by atoms with Crippen LogP contribution in [0.2, 0.25) is 5.02 Å². The lowest BCUT2D eigenvalue weighted by Crippen LogP contribution is -1.98. The highest BCUT2D eigenvalue weighted by atomic mass is 35.5. The second-order valence-corrected chi connectivity index (χ2v) is 3.92. The molecule has 0 radical (unpaired) electrons. The van der Waals surface area contributed by atoms with Crippen LogP contribution in [0.4, 0.5) is 0 Å². The van der Waals surface area contributed by atoms with Gasteiger partial charge in [-0.05, 0) is 12.1 Å². The van der Waals surface area contributed by atoms with E-state index in [0.29, 0.717) is 5.88 Å². The maximum Gasteiger partial charge on any atom is 0.110 e. The lowest BCUT2D eigenvalue weighted by molar-refractivity contribution is 0.831. The van der Waals surface area contributed by atoms with E-state index in [1.807, 2.05) is 29.8 Å². The average Bonchev–Trinajstić information content (AvgIpc) is 2.46. The van der Waals surface area contributed by atoms with Gasteiger partial charge in [0.2, 0.25) is 0 Å². The van der Waals surface area contributed by atoms with Crippen LogP contribution in [0.5, 0.6) is 0 Å². The van der Waals surface area contributed by atoms with Crippen LogP contribution in [-0.4, -0.2) is 15.4 Å². The maximum atomic E-state index is 6.08. The molecule has 2 nitrogen and oxygen atoms in total. The van der Waals surface area contributed by atoms with Gasteiger partial charge in [-0.25, -0.2) is 4.98 Å². The van der Waals surface area contributed by atoms with Crippen LogP contribution in [0, 0.1) is 0 Å². The van der Waals surface area contributed by atoms with Gasteiger partial charge in [0.1, 0.15) is 5.82 Å². The number of fused-ring (bicyclic) bond motifs is 1. The molecule has 0 aliphatic heterocycles. The Labute approximate surface area is 92.5 Å². The minimum Gasteiger partial charge on any atom is -0.330 e. The standard InChI is InChI=1S/C10H10Cl2N2/c1-14-9(5-6-11)13-8-4-2-3-7(12)10(8)14/h2-4H,5-6H2,1H3. The Bertz CT molecular complexity index is 462. The molecule has 2 aromatic rings. The van der Waals surface area contributed by atoms with Crippen molar-refractivity contribution in [2.75, 3.05) is 5.88 Å². The van der Waals surface area contributed by atoms with Crippen LogP contribution >= 0.6 is 23.2 Å². The van der Waals surface area contributed by atoms with Gasteiger partial charge in [0.15, 0.2) is 0 Å². The number of halogens is 2. The first-order chi connectivity index (χ1) is 6.74. The molecule has 0 aliphatic rings. The van der Waals surface area contributed by atoms with E-state index in [2.05, 4.69) is 4.98 Å². The molecule has 0 unspecified atom stereocenters. The number of hydrogen-bond acceptors (Lipinski definition) is 1. The molecule has 0 spiro atoms. The highest BCUT2D eigenvalue weighted by Gasteiger charge is 2.09. The molecule has 0 atom stereocenters. The summed E-state index contributed by atoms with van der Waals surface area (Å²) in [7, 11) is 1.96. The third-order valence-electron chi connectivity index (χ3n) is 2.26. The average molecular weight is 229 g/mol. The first-order valence-electron chi connectivity index (χ1n) is 4.40. The molecule has 4 heteroatoms. The largest absolute Gasteiger partial charge is 0.330 e. The zero-order valence-corrected chi connectivity index (χ0v) is 9.31. The first kappa shape index (κ1) is 9.81. The fourth-order valence-electron chi connectivity index (χ4n) is 1.58. The van der Waals surface area contributed by atoms with E-state index in [0.717, 1.165) is 28.3 Å². The monoisotopic (exact) mass is 228 g/mol. The Morgan fingerprint density at radius 2 is 2.21 bits per heavy atom. The van der Waals surface area contributed by atoms with Crippen LogP contribution in [-0.2, 0) is 13.5 Å². The lowest BCUT2D eigenvalue weighted by Gasteiger charge is -2.00. The summed E-state index contributed by atoms with van der Waals surface area (Å²) in [5.74, 6) is 1.55. The summed E-state index contributed by atoms with van der Waals surface area (Å²) in [5, 5.41) is 0.735. The quantitative estimate of drug-likeness (QED) is 0.724. The molecule has 0 aliphatic carbocycles. The maximum absolute atomic E-state index is 6.08. The summed E-state index contributed by atoms with van der Waals surface area (Å²) in [4.78, 5) is 4.46. The third-order valence-corrected chi connectivity index (χ3v) is 2.75. The normalized spacial score (nSPS) is 11.1. The molecular formula is C10H10Cl2N2. The number of rotatable bonds is 2. The Kier molecular flexibility index (Phi) is 2.66. The smallest absolute Gasteiger partial charge is 0.110 e. The Hall–Kier alpha value is -0.730. The molecule has 74 valence electrons. The Balaban J connectivity index is 2.68. The van der Waals surface area contributed by atoms with Crippen molar-refractivity contribution in [1.82, 2.24) is 9.55 Å². The predicted octanol–water partition coefficient (Wildman–Crippen LogP) is 3.01. The molecule has 0 amide bonds. The summed E-state index contributed by atoms with van der Waals surface area (Å²) in [6.07, 6.45) is 0.767. The zero-order chi connectivity index (χ0) is 10.1. The molecule has 0 bridgehead atoms. The fourth-order valence-corrected chi connectivity index (χ4v) is 2.04. The number of aryl methyl sites for hydroxylation is 2. The summed E-state index contributed by atoms with van der Waals surface area (Å²) < 4.78 is 2.00. The Morgan fingerprint density at radius 3 is 2.86 bits per heavy atom. The molecule has 0 saturated heterocycles. The fraction of sp³-hybridized carbons (Fsp3) is 0.300. The minimum atomic E-state index is 0.578. The second kappa shape index (κ2) is 3.79. The number of alkyl halides is 1. The van der Waals surface area contributed by atoms with Crippen LogP contribution < -0.4 is 0 Å². The lowest BCUT2D eigenvalue weighted by atomic mass is 10.3. The van der Waals surface area contributed by atoms with Gasteiger partial charge in [0, 0.05) is 19.3 Å². The number of para-hydroxylation sites is 1. The van der Waals surface area contributed by atoms with Crippen molar-refractivity contribution in [3.63, 3.8) is 0 Å². The van der Waals surface area contributed by atoms with Gasteiger partial charge in [0.05, 0.1) is 16.1 Å². The van der Waals surface area contributed by atoms with Crippen molar-refractivity contribution in [1.29, 1.82) is 0 Å². The van der Waals surface area contributed by atoms with Crippen molar-refractivity contribution in [2.45, 2.75) is 6.42 Å². The van der Waals surface area contributed by atoms with Gasteiger partial charge in [-0.3, -0.25) is 0 Å². The van der Waals surface area contributed by atoms with E-state index in [-0.39, 0.29) is 0 Å². The SMILES string of the molecule is Cn1c(CCCl)nc2cccc(Cl)c21. The van der Waals surface area contributed by atoms with Crippen molar-refractivity contribution in [3.05, 3.63) is 29.0 Å². The van der Waals surface area contributed by atoms with E-state index in [1.165, 1.54) is 0 Å². The highest BCUT2D eigenvalue weighted by Crippen LogP contribution is 2.23. The van der Waals surface area contributed by atoms with Crippen molar-refractivity contribution in [2.24, 2.45) is 7.05 Å². The van der Waals surface area contributed by atoms with Crippen molar-refractivity contribution in [3.8, 4) is 0 Å². The van der Waals surface area contributed by atoms with Crippen LogP contribution in [0.1, 0.15) is 5.82 Å². The molecule has 1 aromatic carbocycles. The second-order valence-electron chi connectivity index (χ2n) is 3.13. The van der Waals surface area contributed by atoms with E-state index in [1.54, 1.807) is 0 Å². The number of hydrogen-bond donors (Lipinski definition) is 0. The summed E-state index contributed by atoms with van der Waals surface area (Å²) in [6.45, 7) is 0. The number of benzene rings is 1. The van der Waals surface area contributed by atoms with Crippen LogP contribution in [0.3, 0.4) is 0 Å². The first-order valence-corrected chi connectivity index (χ1v) is 5.31. The van der Waals surface area contributed by atoms with E-state index >= 15 is 0 Å². The molecule has 0 fully saturated rings. The van der Waals surface area contributed by atoms with Gasteiger partial charge in [-0.15, -0.1) is 11.6 Å². The summed E-state index contributed by atoms with van der Waals surface area (Å²) in [6, 6.07) is 5.73. The van der Waals surface area contributed by atoms with Gasteiger partial charge >= 0.3 is 0 Å². The van der Waals surface area contributed by atoms with E-state index in [4.69, 9.17) is 23.2 Å². The van der Waals surface area contributed by atoms with E-state index < -0.39 is 0 Å². The molecule has 0 saturated carbocycles. The molecule has 14 heavy (non-hydrogen) atoms. The summed E-state index contributed by atoms with van der Waals surface area (Å²) in [5.41, 5.74) is 1.91.